The third kappa shape index (κ3) is 5.53. The molecule has 2 rings (SSSR count). The molecule has 2 aliphatic rings. The molecule has 7 heteroatoms. The van der Waals surface area contributed by atoms with Crippen LogP contribution in [0.3, 0.4) is 0 Å². The number of hydrogen-bond donors (Lipinski definition) is 2. The van der Waals surface area contributed by atoms with E-state index in [2.05, 4.69) is 19.2 Å². The Balaban J connectivity index is 2.45. The average Bonchev–Trinajstić information content (AvgIpc) is 3.04. The van der Waals surface area contributed by atoms with Gasteiger partial charge in [0.05, 0.1) is 31.1 Å². The fourth-order valence-corrected chi connectivity index (χ4v) is 5.28. The van der Waals surface area contributed by atoms with Crippen LogP contribution in [-0.4, -0.2) is 59.6 Å². The number of aliphatic hydroxyl groups excluding tert-OH is 1. The van der Waals surface area contributed by atoms with Crippen LogP contribution in [0.25, 0.3) is 0 Å². The first kappa shape index (κ1) is 26.4. The molecule has 0 unspecified atom stereocenters. The highest BCUT2D eigenvalue weighted by Crippen LogP contribution is 2.46. The first-order valence-corrected chi connectivity index (χ1v) is 12.4. The molecular formula is C25H42N2O5. The number of aliphatic hydroxyl groups is 1. The van der Waals surface area contributed by atoms with Gasteiger partial charge in [-0.2, -0.15) is 0 Å². The summed E-state index contributed by atoms with van der Waals surface area (Å²) >= 11 is 0. The summed E-state index contributed by atoms with van der Waals surface area (Å²) in [5, 5.41) is 13.1. The Labute approximate surface area is 192 Å². The Bertz CT molecular complexity index is 677. The predicted molar refractivity (Wildman–Crippen MR) is 124 cm³/mol. The molecule has 6 atom stereocenters. The zero-order valence-corrected chi connectivity index (χ0v) is 20.4. The number of hydrogen-bond acceptors (Lipinski definition) is 5. The minimum Gasteiger partial charge on any atom is -0.466 e. The molecule has 2 N–H and O–H groups in total. The van der Waals surface area contributed by atoms with Crippen LogP contribution < -0.4 is 5.32 Å². The van der Waals surface area contributed by atoms with E-state index in [-0.39, 0.29) is 42.8 Å². The largest absolute Gasteiger partial charge is 0.466 e. The Morgan fingerprint density at radius 2 is 1.88 bits per heavy atom. The molecule has 0 aromatic heterocycles. The van der Waals surface area contributed by atoms with Gasteiger partial charge in [0.15, 0.2) is 0 Å². The summed E-state index contributed by atoms with van der Waals surface area (Å²) in [4.78, 5) is 41.7. The van der Waals surface area contributed by atoms with Crippen molar-refractivity contribution >= 4 is 17.8 Å². The first-order chi connectivity index (χ1) is 15.3. The number of unbranched alkanes of at least 4 members (excludes halogenated alkanes) is 2. The summed E-state index contributed by atoms with van der Waals surface area (Å²) in [7, 11) is 0. The van der Waals surface area contributed by atoms with Crippen LogP contribution in [0.4, 0.5) is 0 Å². The molecular weight excluding hydrogens is 408 g/mol. The lowest BCUT2D eigenvalue weighted by molar-refractivity contribution is -0.156. The molecule has 32 heavy (non-hydrogen) atoms. The quantitative estimate of drug-likeness (QED) is 0.271. The number of rotatable bonds is 12. The van der Waals surface area contributed by atoms with Crippen molar-refractivity contribution in [2.45, 2.75) is 78.8 Å². The van der Waals surface area contributed by atoms with Crippen molar-refractivity contribution in [3.63, 3.8) is 0 Å². The maximum atomic E-state index is 13.8. The zero-order chi connectivity index (χ0) is 23.8. The van der Waals surface area contributed by atoms with E-state index in [0.29, 0.717) is 6.54 Å². The fourth-order valence-electron chi connectivity index (χ4n) is 5.28. The smallest absolute Gasteiger partial charge is 0.310 e. The van der Waals surface area contributed by atoms with Crippen molar-refractivity contribution in [1.82, 2.24) is 10.2 Å². The molecule has 1 fully saturated rings. The summed E-state index contributed by atoms with van der Waals surface area (Å²) in [6.45, 7) is 10.4. The Hall–Kier alpha value is -1.89. The van der Waals surface area contributed by atoms with E-state index in [4.69, 9.17) is 4.74 Å². The van der Waals surface area contributed by atoms with E-state index in [9.17, 15) is 19.5 Å². The molecule has 0 saturated carbocycles. The lowest BCUT2D eigenvalue weighted by atomic mass is 9.69. The van der Waals surface area contributed by atoms with E-state index in [1.807, 2.05) is 26.0 Å². The highest BCUT2D eigenvalue weighted by Gasteiger charge is 2.59. The van der Waals surface area contributed by atoms with Gasteiger partial charge in [0.2, 0.25) is 11.8 Å². The number of allylic oxidation sites excluding steroid dienone is 1. The van der Waals surface area contributed by atoms with Crippen LogP contribution in [0, 0.1) is 29.6 Å². The van der Waals surface area contributed by atoms with Gasteiger partial charge in [-0.1, -0.05) is 59.1 Å². The minimum absolute atomic E-state index is 0.0315. The Morgan fingerprint density at radius 3 is 2.44 bits per heavy atom. The van der Waals surface area contributed by atoms with Crippen molar-refractivity contribution in [3.05, 3.63) is 12.2 Å². The second-order valence-corrected chi connectivity index (χ2v) is 9.40. The van der Waals surface area contributed by atoms with Crippen molar-refractivity contribution in [2.24, 2.45) is 29.6 Å². The third-order valence-corrected chi connectivity index (χ3v) is 6.89. The van der Waals surface area contributed by atoms with Crippen molar-refractivity contribution < 1.29 is 24.2 Å². The van der Waals surface area contributed by atoms with Crippen LogP contribution in [0.5, 0.6) is 0 Å². The minimum atomic E-state index is -0.732. The number of nitrogens with zero attached hydrogens (tertiary/aromatic N) is 1. The molecule has 1 aliphatic heterocycles. The molecule has 1 heterocycles. The topological polar surface area (TPSA) is 95.9 Å². The number of amides is 2. The van der Waals surface area contributed by atoms with E-state index < -0.39 is 29.8 Å². The second-order valence-electron chi connectivity index (χ2n) is 9.40. The van der Waals surface area contributed by atoms with Gasteiger partial charge in [-0.25, -0.2) is 0 Å². The van der Waals surface area contributed by atoms with Gasteiger partial charge in [0.1, 0.15) is 6.04 Å². The van der Waals surface area contributed by atoms with Gasteiger partial charge in [0, 0.05) is 12.5 Å². The van der Waals surface area contributed by atoms with Crippen molar-refractivity contribution in [3.8, 4) is 0 Å². The summed E-state index contributed by atoms with van der Waals surface area (Å²) in [6, 6.07) is -1.22. The van der Waals surface area contributed by atoms with Crippen LogP contribution in [0.1, 0.15) is 66.7 Å². The van der Waals surface area contributed by atoms with Gasteiger partial charge < -0.3 is 20.1 Å². The number of likely N-dealkylation sites (tertiary alicyclic amines) is 1. The van der Waals surface area contributed by atoms with E-state index in [1.165, 1.54) is 0 Å². The summed E-state index contributed by atoms with van der Waals surface area (Å²) < 4.78 is 5.38. The molecule has 7 nitrogen and oxygen atoms in total. The van der Waals surface area contributed by atoms with Gasteiger partial charge in [-0.15, -0.1) is 0 Å². The second kappa shape index (κ2) is 12.4. The monoisotopic (exact) mass is 450 g/mol. The number of esters is 1. The average molecular weight is 451 g/mol. The zero-order valence-electron chi connectivity index (χ0n) is 20.4. The molecule has 2 amide bonds. The number of carbonyl (C=O) groups excluding carboxylic acids is 3. The highest BCUT2D eigenvalue weighted by atomic mass is 16.5. The number of fused-ring (bicyclic) bond motifs is 1. The maximum Gasteiger partial charge on any atom is 0.310 e. The fraction of sp³-hybridized carbons (Fsp3) is 0.800. The number of carbonyl (C=O) groups is 3. The van der Waals surface area contributed by atoms with E-state index in [0.717, 1.165) is 32.1 Å². The predicted octanol–water partition coefficient (Wildman–Crippen LogP) is 2.92. The maximum absolute atomic E-state index is 13.8. The van der Waals surface area contributed by atoms with Crippen molar-refractivity contribution in [2.75, 3.05) is 19.8 Å². The van der Waals surface area contributed by atoms with Gasteiger partial charge in [-0.3, -0.25) is 14.4 Å². The Kier molecular flexibility index (Phi) is 10.2. The normalized spacial score (nSPS) is 28.0. The molecule has 0 radical (unpaired) electrons. The standard InChI is InChI=1S/C25H42N2O5/c1-6-9-10-14-26-23(29)22-18-13-12-17(11-7-2)20(25(31)32-8-3)21(18)24(30)27(22)19(15-28)16(4)5/h12-13,16-22,28H,6-11,14-15H2,1-5H3,(H,26,29)/t17-,18+,19+,20-,21-,22+/m1/s1. The molecule has 0 aromatic rings. The Morgan fingerprint density at radius 1 is 1.16 bits per heavy atom. The molecule has 1 saturated heterocycles. The van der Waals surface area contributed by atoms with Crippen LogP contribution in [0.15, 0.2) is 12.2 Å². The molecule has 0 spiro atoms. The summed E-state index contributed by atoms with van der Waals surface area (Å²) in [5.41, 5.74) is 0. The molecule has 0 bridgehead atoms. The number of ether oxygens (including phenoxy) is 1. The van der Waals surface area contributed by atoms with Crippen LogP contribution >= 0.6 is 0 Å². The SMILES string of the molecule is CCCCCNC(=O)[C@@H]1[C@H]2C=C[C@@H](CCC)[C@@H](C(=O)OCC)[C@@H]2C(=O)N1[C@@H](CO)C(C)C. The summed E-state index contributed by atoms with van der Waals surface area (Å²) in [5.74, 6) is -2.59. The lowest BCUT2D eigenvalue weighted by Gasteiger charge is -2.35. The van der Waals surface area contributed by atoms with E-state index in [1.54, 1.807) is 11.8 Å². The highest BCUT2D eigenvalue weighted by molar-refractivity contribution is 5.96. The molecule has 182 valence electrons. The van der Waals surface area contributed by atoms with Crippen molar-refractivity contribution in [1.29, 1.82) is 0 Å². The first-order valence-electron chi connectivity index (χ1n) is 12.4. The van der Waals surface area contributed by atoms with Crippen LogP contribution in [0.2, 0.25) is 0 Å². The van der Waals surface area contributed by atoms with Gasteiger partial charge in [-0.05, 0) is 31.6 Å². The molecule has 0 aromatic carbocycles. The number of nitrogens with one attached hydrogen (secondary N) is 1. The third-order valence-electron chi connectivity index (χ3n) is 6.89. The molecule has 1 aliphatic carbocycles. The van der Waals surface area contributed by atoms with Crippen LogP contribution in [-0.2, 0) is 19.1 Å². The lowest BCUT2D eigenvalue weighted by Crippen LogP contribution is -2.54. The van der Waals surface area contributed by atoms with Gasteiger partial charge >= 0.3 is 5.97 Å². The van der Waals surface area contributed by atoms with Gasteiger partial charge in [0.25, 0.3) is 0 Å². The van der Waals surface area contributed by atoms with E-state index >= 15 is 0 Å². The summed E-state index contributed by atoms with van der Waals surface area (Å²) in [6.07, 6.45) is 8.58.